The minimum absolute atomic E-state index is 0.0392. The first-order valence-corrected chi connectivity index (χ1v) is 9.34. The molecular formula is C22H26N2O2. The highest BCUT2D eigenvalue weighted by atomic mass is 16.1. The number of nitrogens with zero attached hydrogens (tertiary/aromatic N) is 1. The lowest BCUT2D eigenvalue weighted by molar-refractivity contribution is -0.110. The number of carbonyl (C=O) groups is 2. The summed E-state index contributed by atoms with van der Waals surface area (Å²) in [5.41, 5.74) is 1.96. The quantitative estimate of drug-likeness (QED) is 0.586. The van der Waals surface area contributed by atoms with Crippen LogP contribution in [-0.2, 0) is 4.79 Å². The van der Waals surface area contributed by atoms with Gasteiger partial charge in [-0.1, -0.05) is 60.7 Å². The summed E-state index contributed by atoms with van der Waals surface area (Å²) in [5, 5.41) is 2.93. The van der Waals surface area contributed by atoms with Crippen molar-refractivity contribution in [1.29, 1.82) is 0 Å². The van der Waals surface area contributed by atoms with E-state index in [1.807, 2.05) is 60.7 Å². The third-order valence-corrected chi connectivity index (χ3v) is 5.22. The van der Waals surface area contributed by atoms with Crippen LogP contribution in [0, 0.1) is 5.92 Å². The van der Waals surface area contributed by atoms with Crippen LogP contribution in [0.15, 0.2) is 60.7 Å². The molecule has 1 atom stereocenters. The molecule has 0 spiro atoms. The summed E-state index contributed by atoms with van der Waals surface area (Å²) in [5.74, 6) is 0.404. The van der Waals surface area contributed by atoms with Crippen molar-refractivity contribution in [1.82, 2.24) is 10.2 Å². The monoisotopic (exact) mass is 350 g/mol. The first kappa shape index (κ1) is 18.3. The predicted molar refractivity (Wildman–Crippen MR) is 103 cm³/mol. The normalized spacial score (nSPS) is 16.8. The van der Waals surface area contributed by atoms with Gasteiger partial charge in [-0.25, -0.2) is 0 Å². The van der Waals surface area contributed by atoms with Crippen LogP contribution in [0.1, 0.15) is 41.2 Å². The van der Waals surface area contributed by atoms with E-state index < -0.39 is 0 Å². The van der Waals surface area contributed by atoms with E-state index in [0.29, 0.717) is 0 Å². The number of benzene rings is 2. The standard InChI is InChI=1S/C22H26N2O2/c25-17-23-21(18-7-3-1-4-8-18)13-16-24-14-11-20(12-15-24)22(26)19-9-5-2-6-10-19/h1-10,17,20-21H,11-16H2,(H,23,25). The highest BCUT2D eigenvalue weighted by molar-refractivity contribution is 5.97. The zero-order chi connectivity index (χ0) is 18.2. The summed E-state index contributed by atoms with van der Waals surface area (Å²) in [7, 11) is 0. The topological polar surface area (TPSA) is 49.4 Å². The van der Waals surface area contributed by atoms with Crippen LogP contribution in [0.2, 0.25) is 0 Å². The molecule has 1 heterocycles. The second-order valence-corrected chi connectivity index (χ2v) is 6.88. The molecule has 1 aliphatic rings. The first-order valence-electron chi connectivity index (χ1n) is 9.34. The van der Waals surface area contributed by atoms with Crippen molar-refractivity contribution >= 4 is 12.2 Å². The molecule has 1 N–H and O–H groups in total. The smallest absolute Gasteiger partial charge is 0.207 e. The van der Waals surface area contributed by atoms with Gasteiger partial charge in [0, 0.05) is 18.0 Å². The van der Waals surface area contributed by atoms with E-state index in [0.717, 1.165) is 56.4 Å². The molecule has 4 nitrogen and oxygen atoms in total. The SMILES string of the molecule is O=CNC(CCN1CCC(C(=O)c2ccccc2)CC1)c1ccccc1. The van der Waals surface area contributed by atoms with Gasteiger partial charge in [0.1, 0.15) is 0 Å². The van der Waals surface area contributed by atoms with E-state index in [2.05, 4.69) is 10.2 Å². The number of carbonyl (C=O) groups excluding carboxylic acids is 2. The van der Waals surface area contributed by atoms with Crippen LogP contribution in [0.3, 0.4) is 0 Å². The molecule has 2 aromatic carbocycles. The average molecular weight is 350 g/mol. The van der Waals surface area contributed by atoms with Crippen LogP contribution < -0.4 is 5.32 Å². The molecular weight excluding hydrogens is 324 g/mol. The van der Waals surface area contributed by atoms with Gasteiger partial charge < -0.3 is 10.2 Å². The van der Waals surface area contributed by atoms with Gasteiger partial charge >= 0.3 is 0 Å². The van der Waals surface area contributed by atoms with E-state index in [1.165, 1.54) is 0 Å². The Morgan fingerprint density at radius 3 is 2.27 bits per heavy atom. The fourth-order valence-corrected chi connectivity index (χ4v) is 3.68. The minimum atomic E-state index is 0.0392. The minimum Gasteiger partial charge on any atom is -0.352 e. The number of hydrogen-bond acceptors (Lipinski definition) is 3. The largest absolute Gasteiger partial charge is 0.352 e. The third-order valence-electron chi connectivity index (χ3n) is 5.22. The molecule has 1 amide bonds. The van der Waals surface area contributed by atoms with Crippen molar-refractivity contribution in [3.63, 3.8) is 0 Å². The van der Waals surface area contributed by atoms with E-state index >= 15 is 0 Å². The highest BCUT2D eigenvalue weighted by Crippen LogP contribution is 2.23. The number of likely N-dealkylation sites (tertiary alicyclic amines) is 1. The highest BCUT2D eigenvalue weighted by Gasteiger charge is 2.26. The average Bonchev–Trinajstić information content (AvgIpc) is 2.72. The molecule has 0 radical (unpaired) electrons. The Hall–Kier alpha value is -2.46. The molecule has 136 valence electrons. The Kier molecular flexibility index (Phi) is 6.56. The van der Waals surface area contributed by atoms with Gasteiger partial charge in [0.15, 0.2) is 5.78 Å². The number of amides is 1. The number of Topliss-reactive ketones (excluding diaryl/α,β-unsaturated/α-hetero) is 1. The van der Waals surface area contributed by atoms with Gasteiger partial charge in [-0.2, -0.15) is 0 Å². The molecule has 1 aliphatic heterocycles. The zero-order valence-electron chi connectivity index (χ0n) is 15.0. The molecule has 1 unspecified atom stereocenters. The fourth-order valence-electron chi connectivity index (χ4n) is 3.68. The Morgan fingerprint density at radius 2 is 1.65 bits per heavy atom. The number of piperidine rings is 1. The molecule has 0 aliphatic carbocycles. The second-order valence-electron chi connectivity index (χ2n) is 6.88. The maximum Gasteiger partial charge on any atom is 0.207 e. The Morgan fingerprint density at radius 1 is 1.04 bits per heavy atom. The summed E-state index contributed by atoms with van der Waals surface area (Å²) >= 11 is 0. The maximum absolute atomic E-state index is 12.6. The summed E-state index contributed by atoms with van der Waals surface area (Å²) < 4.78 is 0. The van der Waals surface area contributed by atoms with Crippen LogP contribution >= 0.6 is 0 Å². The van der Waals surface area contributed by atoms with Gasteiger partial charge in [0.2, 0.25) is 6.41 Å². The third kappa shape index (κ3) is 4.79. The van der Waals surface area contributed by atoms with Crippen molar-refractivity contribution in [2.75, 3.05) is 19.6 Å². The summed E-state index contributed by atoms with van der Waals surface area (Å²) in [6, 6.07) is 19.7. The molecule has 0 bridgehead atoms. The van der Waals surface area contributed by atoms with Crippen molar-refractivity contribution < 1.29 is 9.59 Å². The van der Waals surface area contributed by atoms with Crippen molar-refractivity contribution in [3.8, 4) is 0 Å². The second kappa shape index (κ2) is 9.30. The van der Waals surface area contributed by atoms with Crippen LogP contribution in [0.25, 0.3) is 0 Å². The van der Waals surface area contributed by atoms with Gasteiger partial charge in [-0.15, -0.1) is 0 Å². The summed E-state index contributed by atoms with van der Waals surface area (Å²) in [6.07, 6.45) is 3.47. The molecule has 1 fully saturated rings. The Bertz CT molecular complexity index is 695. The van der Waals surface area contributed by atoms with Crippen LogP contribution in [-0.4, -0.2) is 36.7 Å². The van der Waals surface area contributed by atoms with Gasteiger partial charge in [-0.3, -0.25) is 9.59 Å². The molecule has 1 saturated heterocycles. The number of nitrogens with one attached hydrogen (secondary N) is 1. The maximum atomic E-state index is 12.6. The van der Waals surface area contributed by atoms with Crippen LogP contribution in [0.5, 0.6) is 0 Å². The molecule has 0 saturated carbocycles. The first-order chi connectivity index (χ1) is 12.8. The van der Waals surface area contributed by atoms with E-state index in [1.54, 1.807) is 0 Å². The Balaban J connectivity index is 1.49. The summed E-state index contributed by atoms with van der Waals surface area (Å²) in [6.45, 7) is 2.80. The predicted octanol–water partition coefficient (Wildman–Crippen LogP) is 3.46. The summed E-state index contributed by atoms with van der Waals surface area (Å²) in [4.78, 5) is 25.9. The van der Waals surface area contributed by atoms with E-state index in [4.69, 9.17) is 0 Å². The zero-order valence-corrected chi connectivity index (χ0v) is 15.0. The van der Waals surface area contributed by atoms with Crippen molar-refractivity contribution in [2.45, 2.75) is 25.3 Å². The molecule has 2 aromatic rings. The van der Waals surface area contributed by atoms with Gasteiger partial charge in [-0.05, 0) is 37.9 Å². The lowest BCUT2D eigenvalue weighted by Gasteiger charge is -2.32. The van der Waals surface area contributed by atoms with Gasteiger partial charge in [0.25, 0.3) is 0 Å². The molecule has 0 aromatic heterocycles. The molecule has 3 rings (SSSR count). The molecule has 4 heteroatoms. The van der Waals surface area contributed by atoms with Gasteiger partial charge in [0.05, 0.1) is 6.04 Å². The van der Waals surface area contributed by atoms with Crippen molar-refractivity contribution in [3.05, 3.63) is 71.8 Å². The molecule has 26 heavy (non-hydrogen) atoms. The number of ketones is 1. The lowest BCUT2D eigenvalue weighted by Crippen LogP contribution is -2.38. The lowest BCUT2D eigenvalue weighted by atomic mass is 9.88. The fraction of sp³-hybridized carbons (Fsp3) is 0.364. The van der Waals surface area contributed by atoms with Crippen molar-refractivity contribution in [2.24, 2.45) is 5.92 Å². The Labute approximate surface area is 155 Å². The van der Waals surface area contributed by atoms with Crippen LogP contribution in [0.4, 0.5) is 0 Å². The number of hydrogen-bond donors (Lipinski definition) is 1. The number of rotatable bonds is 8. The van der Waals surface area contributed by atoms with E-state index in [9.17, 15) is 9.59 Å². The van der Waals surface area contributed by atoms with E-state index in [-0.39, 0.29) is 17.7 Å².